The highest BCUT2D eigenvalue weighted by atomic mass is 79.9. The first-order valence-electron chi connectivity index (χ1n) is 5.75. The van der Waals surface area contributed by atoms with E-state index in [1.165, 1.54) is 5.56 Å². The minimum absolute atomic E-state index is 0.285. The standard InChI is InChI=1S/C13H15BrN4/c1-3-9-7-10(14)4-5-11(9)17-12-6-8(2)16-13(15)18-12/h4-7H,3H2,1-2H3,(H3,15,16,17,18). The number of nitrogens with two attached hydrogens (primary N) is 1. The van der Waals surface area contributed by atoms with E-state index in [9.17, 15) is 0 Å². The number of nitrogen functional groups attached to an aromatic ring is 1. The van der Waals surface area contributed by atoms with Gasteiger partial charge in [0.15, 0.2) is 0 Å². The molecule has 0 aliphatic heterocycles. The monoisotopic (exact) mass is 306 g/mol. The van der Waals surface area contributed by atoms with Crippen molar-refractivity contribution in [3.63, 3.8) is 0 Å². The first kappa shape index (κ1) is 12.8. The van der Waals surface area contributed by atoms with Crippen molar-refractivity contribution < 1.29 is 0 Å². The van der Waals surface area contributed by atoms with E-state index in [0.29, 0.717) is 0 Å². The molecule has 5 heteroatoms. The SMILES string of the molecule is CCc1cc(Br)ccc1Nc1cc(C)nc(N)n1. The van der Waals surface area contributed by atoms with Gasteiger partial charge in [0.2, 0.25) is 5.95 Å². The molecule has 1 aromatic carbocycles. The van der Waals surface area contributed by atoms with Gasteiger partial charge in [0.05, 0.1) is 0 Å². The normalized spacial score (nSPS) is 10.4. The Morgan fingerprint density at radius 3 is 2.72 bits per heavy atom. The summed E-state index contributed by atoms with van der Waals surface area (Å²) in [4.78, 5) is 8.22. The molecular formula is C13H15BrN4. The fourth-order valence-electron chi connectivity index (χ4n) is 1.77. The number of hydrogen-bond donors (Lipinski definition) is 2. The number of benzene rings is 1. The van der Waals surface area contributed by atoms with Gasteiger partial charge in [-0.25, -0.2) is 4.98 Å². The van der Waals surface area contributed by atoms with Crippen LogP contribution in [0.2, 0.25) is 0 Å². The summed E-state index contributed by atoms with van der Waals surface area (Å²) < 4.78 is 1.07. The Hall–Kier alpha value is -1.62. The number of anilines is 3. The molecule has 0 fully saturated rings. The lowest BCUT2D eigenvalue weighted by Gasteiger charge is -2.11. The van der Waals surface area contributed by atoms with E-state index in [1.54, 1.807) is 0 Å². The highest BCUT2D eigenvalue weighted by Crippen LogP contribution is 2.24. The Bertz CT molecular complexity index is 549. The van der Waals surface area contributed by atoms with E-state index < -0.39 is 0 Å². The second kappa shape index (κ2) is 5.35. The molecule has 2 aromatic rings. The molecule has 0 saturated heterocycles. The quantitative estimate of drug-likeness (QED) is 0.912. The highest BCUT2D eigenvalue weighted by Gasteiger charge is 2.04. The van der Waals surface area contributed by atoms with Gasteiger partial charge in [0.25, 0.3) is 0 Å². The van der Waals surface area contributed by atoms with Gasteiger partial charge in [-0.1, -0.05) is 22.9 Å². The summed E-state index contributed by atoms with van der Waals surface area (Å²) in [6, 6.07) is 7.99. The Kier molecular flexibility index (Phi) is 3.81. The molecular weight excluding hydrogens is 292 g/mol. The number of aromatic nitrogens is 2. The van der Waals surface area contributed by atoms with Gasteiger partial charge in [0.1, 0.15) is 5.82 Å². The molecule has 2 rings (SSSR count). The molecule has 1 aromatic heterocycles. The highest BCUT2D eigenvalue weighted by molar-refractivity contribution is 9.10. The number of hydrogen-bond acceptors (Lipinski definition) is 4. The van der Waals surface area contributed by atoms with Crippen molar-refractivity contribution in [1.29, 1.82) is 0 Å². The van der Waals surface area contributed by atoms with Crippen LogP contribution in [-0.4, -0.2) is 9.97 Å². The van der Waals surface area contributed by atoms with Crippen molar-refractivity contribution in [3.05, 3.63) is 40.0 Å². The Morgan fingerprint density at radius 2 is 2.06 bits per heavy atom. The molecule has 3 N–H and O–H groups in total. The molecule has 0 aliphatic carbocycles. The van der Waals surface area contributed by atoms with Crippen LogP contribution in [-0.2, 0) is 6.42 Å². The lowest BCUT2D eigenvalue weighted by atomic mass is 10.1. The minimum atomic E-state index is 0.285. The second-order valence-corrected chi connectivity index (χ2v) is 4.95. The summed E-state index contributed by atoms with van der Waals surface area (Å²) in [7, 11) is 0. The largest absolute Gasteiger partial charge is 0.368 e. The van der Waals surface area contributed by atoms with Crippen LogP contribution in [0.5, 0.6) is 0 Å². The van der Waals surface area contributed by atoms with Crippen molar-refractivity contribution in [3.8, 4) is 0 Å². The third-order valence-electron chi connectivity index (χ3n) is 2.58. The maximum atomic E-state index is 5.64. The van der Waals surface area contributed by atoms with Crippen LogP contribution >= 0.6 is 15.9 Å². The predicted octanol–water partition coefficient (Wildman–Crippen LogP) is 3.44. The zero-order valence-corrected chi connectivity index (χ0v) is 12.0. The van der Waals surface area contributed by atoms with Gasteiger partial charge >= 0.3 is 0 Å². The fraction of sp³-hybridized carbons (Fsp3) is 0.231. The van der Waals surface area contributed by atoms with Gasteiger partial charge in [0, 0.05) is 21.9 Å². The minimum Gasteiger partial charge on any atom is -0.368 e. The van der Waals surface area contributed by atoms with Gasteiger partial charge < -0.3 is 11.1 Å². The van der Waals surface area contributed by atoms with Crippen LogP contribution in [0.3, 0.4) is 0 Å². The van der Waals surface area contributed by atoms with Gasteiger partial charge in [-0.05, 0) is 37.1 Å². The van der Waals surface area contributed by atoms with E-state index >= 15 is 0 Å². The Morgan fingerprint density at radius 1 is 1.28 bits per heavy atom. The summed E-state index contributed by atoms with van der Waals surface area (Å²) in [6.07, 6.45) is 0.946. The van der Waals surface area contributed by atoms with Crippen molar-refractivity contribution in [2.75, 3.05) is 11.1 Å². The van der Waals surface area contributed by atoms with Gasteiger partial charge in [-0.15, -0.1) is 0 Å². The molecule has 0 bridgehead atoms. The number of nitrogens with one attached hydrogen (secondary N) is 1. The average Bonchev–Trinajstić information content (AvgIpc) is 2.30. The van der Waals surface area contributed by atoms with E-state index in [-0.39, 0.29) is 5.95 Å². The first-order chi connectivity index (χ1) is 8.58. The molecule has 0 radical (unpaired) electrons. The van der Waals surface area contributed by atoms with E-state index in [2.05, 4.69) is 44.2 Å². The topological polar surface area (TPSA) is 63.8 Å². The zero-order chi connectivity index (χ0) is 13.1. The number of rotatable bonds is 3. The van der Waals surface area contributed by atoms with Gasteiger partial charge in [-0.2, -0.15) is 4.98 Å². The average molecular weight is 307 g/mol. The molecule has 0 aliphatic rings. The summed E-state index contributed by atoms with van der Waals surface area (Å²) >= 11 is 3.47. The van der Waals surface area contributed by atoms with E-state index in [4.69, 9.17) is 5.73 Å². The van der Waals surface area contributed by atoms with Crippen molar-refractivity contribution in [1.82, 2.24) is 9.97 Å². The molecule has 0 saturated carbocycles. The number of halogens is 1. The summed E-state index contributed by atoms with van der Waals surface area (Å²) in [6.45, 7) is 4.01. The third kappa shape index (κ3) is 2.98. The molecule has 18 heavy (non-hydrogen) atoms. The zero-order valence-electron chi connectivity index (χ0n) is 10.4. The first-order valence-corrected chi connectivity index (χ1v) is 6.54. The number of nitrogens with zero attached hydrogens (tertiary/aromatic N) is 2. The second-order valence-electron chi connectivity index (χ2n) is 4.03. The van der Waals surface area contributed by atoms with Crippen molar-refractivity contribution >= 4 is 33.4 Å². The molecule has 1 heterocycles. The summed E-state index contributed by atoms with van der Waals surface area (Å²) in [5.41, 5.74) is 8.75. The summed E-state index contributed by atoms with van der Waals surface area (Å²) in [5, 5.41) is 3.28. The van der Waals surface area contributed by atoms with Crippen LogP contribution in [0.4, 0.5) is 17.5 Å². The molecule has 0 spiro atoms. The van der Waals surface area contributed by atoms with Crippen LogP contribution in [0.1, 0.15) is 18.2 Å². The smallest absolute Gasteiger partial charge is 0.222 e. The fourth-order valence-corrected chi connectivity index (χ4v) is 2.18. The molecule has 0 unspecified atom stereocenters. The Balaban J connectivity index is 2.33. The predicted molar refractivity (Wildman–Crippen MR) is 78.0 cm³/mol. The molecule has 0 amide bonds. The lowest BCUT2D eigenvalue weighted by Crippen LogP contribution is -2.02. The van der Waals surface area contributed by atoms with Crippen molar-refractivity contribution in [2.45, 2.75) is 20.3 Å². The van der Waals surface area contributed by atoms with Crippen LogP contribution in [0.15, 0.2) is 28.7 Å². The van der Waals surface area contributed by atoms with Gasteiger partial charge in [-0.3, -0.25) is 0 Å². The molecule has 94 valence electrons. The number of aryl methyl sites for hydroxylation is 2. The van der Waals surface area contributed by atoms with E-state index in [0.717, 1.165) is 28.1 Å². The molecule has 4 nitrogen and oxygen atoms in total. The lowest BCUT2D eigenvalue weighted by molar-refractivity contribution is 1.11. The summed E-state index contributed by atoms with van der Waals surface area (Å²) in [5.74, 6) is 1.00. The van der Waals surface area contributed by atoms with Crippen LogP contribution in [0, 0.1) is 6.92 Å². The van der Waals surface area contributed by atoms with Crippen LogP contribution < -0.4 is 11.1 Å². The Labute approximate surface area is 115 Å². The van der Waals surface area contributed by atoms with Crippen molar-refractivity contribution in [2.24, 2.45) is 0 Å². The van der Waals surface area contributed by atoms with E-state index in [1.807, 2.05) is 25.1 Å². The molecule has 0 atom stereocenters. The third-order valence-corrected chi connectivity index (χ3v) is 3.08. The maximum Gasteiger partial charge on any atom is 0.222 e. The maximum absolute atomic E-state index is 5.64. The van der Waals surface area contributed by atoms with Crippen LogP contribution in [0.25, 0.3) is 0 Å².